The molecule has 1 heterocycles. The van der Waals surface area contributed by atoms with Crippen LogP contribution in [0.15, 0.2) is 0 Å². The predicted octanol–water partition coefficient (Wildman–Crippen LogP) is 1.72. The molecular weight excluding hydrogens is 120 g/mol. The lowest BCUT2D eigenvalue weighted by Crippen LogP contribution is -1.91. The van der Waals surface area contributed by atoms with E-state index in [2.05, 4.69) is 11.8 Å². The summed E-state index contributed by atoms with van der Waals surface area (Å²) in [4.78, 5) is 8.00. The molecule has 0 N–H and O–H groups in total. The lowest BCUT2D eigenvalue weighted by Gasteiger charge is -2.05. The number of rotatable bonds is 0. The van der Waals surface area contributed by atoms with Gasteiger partial charge < -0.3 is 4.79 Å². The molecule has 48 valence electrons. The van der Waals surface area contributed by atoms with E-state index in [1.807, 2.05) is 6.79 Å². The number of thioether (sulfide) groups is 1. The SMILES string of the molecule is C1CCSCC1.C=O. The first kappa shape index (κ1) is 8.02. The first-order valence-corrected chi connectivity index (χ1v) is 4.02. The Kier molecular flexibility index (Phi) is 7.04. The molecule has 2 heteroatoms. The molecule has 0 unspecified atom stereocenters. The summed E-state index contributed by atoms with van der Waals surface area (Å²) >= 11 is 2.09. The van der Waals surface area contributed by atoms with Crippen LogP contribution in [0.4, 0.5) is 0 Å². The highest BCUT2D eigenvalue weighted by Gasteiger charge is 1.95. The van der Waals surface area contributed by atoms with Gasteiger partial charge in [0.05, 0.1) is 0 Å². The van der Waals surface area contributed by atoms with Crippen molar-refractivity contribution in [1.29, 1.82) is 0 Å². The lowest BCUT2D eigenvalue weighted by molar-refractivity contribution is -0.0979. The molecule has 1 fully saturated rings. The van der Waals surface area contributed by atoms with Gasteiger partial charge in [0, 0.05) is 0 Å². The first-order chi connectivity index (χ1) is 4.00. The molecule has 1 aliphatic rings. The standard InChI is InChI=1S/C5H10S.CH2O/c1-2-4-6-5-3-1;1-2/h1-5H2;1H2. The first-order valence-electron chi connectivity index (χ1n) is 2.87. The van der Waals surface area contributed by atoms with E-state index in [0.717, 1.165) is 0 Å². The molecule has 0 aromatic rings. The van der Waals surface area contributed by atoms with Gasteiger partial charge in [-0.15, -0.1) is 0 Å². The van der Waals surface area contributed by atoms with E-state index < -0.39 is 0 Å². The zero-order valence-electron chi connectivity index (χ0n) is 5.06. The third kappa shape index (κ3) is 4.19. The molecule has 8 heavy (non-hydrogen) atoms. The molecule has 1 nitrogen and oxygen atoms in total. The summed E-state index contributed by atoms with van der Waals surface area (Å²) in [7, 11) is 0. The Labute approximate surface area is 54.8 Å². The molecule has 1 saturated heterocycles. The molecule has 0 radical (unpaired) electrons. The van der Waals surface area contributed by atoms with Crippen molar-refractivity contribution < 1.29 is 4.79 Å². The van der Waals surface area contributed by atoms with Crippen molar-refractivity contribution in [3.8, 4) is 0 Å². The van der Waals surface area contributed by atoms with Crippen molar-refractivity contribution in [3.63, 3.8) is 0 Å². The van der Waals surface area contributed by atoms with E-state index in [1.165, 1.54) is 30.8 Å². The number of carbonyl (C=O) groups is 1. The highest BCUT2D eigenvalue weighted by Crippen LogP contribution is 2.14. The Morgan fingerprint density at radius 3 is 1.62 bits per heavy atom. The van der Waals surface area contributed by atoms with Gasteiger partial charge in [0.2, 0.25) is 0 Å². The summed E-state index contributed by atoms with van der Waals surface area (Å²) in [6, 6.07) is 0. The molecule has 0 amide bonds. The highest BCUT2D eigenvalue weighted by molar-refractivity contribution is 7.99. The molecule has 0 aromatic carbocycles. The van der Waals surface area contributed by atoms with Gasteiger partial charge in [-0.2, -0.15) is 11.8 Å². The number of carbonyl (C=O) groups excluding carboxylic acids is 1. The predicted molar refractivity (Wildman–Crippen MR) is 38.3 cm³/mol. The summed E-state index contributed by atoms with van der Waals surface area (Å²) < 4.78 is 0. The Hall–Kier alpha value is 0.0200. The average Bonchev–Trinajstić information content (AvgIpc) is 1.96. The third-order valence-corrected chi connectivity index (χ3v) is 2.23. The molecule has 0 spiro atoms. The molecule has 0 atom stereocenters. The van der Waals surface area contributed by atoms with Crippen LogP contribution >= 0.6 is 11.8 Å². The van der Waals surface area contributed by atoms with Crippen LogP contribution in [0.5, 0.6) is 0 Å². The van der Waals surface area contributed by atoms with E-state index in [1.54, 1.807) is 0 Å². The minimum absolute atomic E-state index is 1.42. The van der Waals surface area contributed by atoms with Crippen molar-refractivity contribution in [2.75, 3.05) is 11.5 Å². The van der Waals surface area contributed by atoms with Gasteiger partial charge in [0.25, 0.3) is 0 Å². The van der Waals surface area contributed by atoms with Crippen LogP contribution in [0.3, 0.4) is 0 Å². The fourth-order valence-corrected chi connectivity index (χ4v) is 1.71. The minimum Gasteiger partial charge on any atom is -0.307 e. The van der Waals surface area contributed by atoms with E-state index in [-0.39, 0.29) is 0 Å². The van der Waals surface area contributed by atoms with Crippen molar-refractivity contribution in [2.24, 2.45) is 0 Å². The van der Waals surface area contributed by atoms with Crippen LogP contribution in [0.1, 0.15) is 19.3 Å². The molecule has 0 bridgehead atoms. The maximum absolute atomic E-state index is 8.00. The molecule has 1 rings (SSSR count). The summed E-state index contributed by atoms with van der Waals surface area (Å²) in [5, 5.41) is 0. The van der Waals surface area contributed by atoms with Crippen molar-refractivity contribution in [1.82, 2.24) is 0 Å². The lowest BCUT2D eigenvalue weighted by atomic mass is 10.3. The highest BCUT2D eigenvalue weighted by atomic mass is 32.2. The summed E-state index contributed by atoms with van der Waals surface area (Å²) in [5.41, 5.74) is 0. The Morgan fingerprint density at radius 2 is 1.50 bits per heavy atom. The van der Waals surface area contributed by atoms with Gasteiger partial charge in [-0.25, -0.2) is 0 Å². The molecule has 0 aromatic heterocycles. The van der Waals surface area contributed by atoms with Gasteiger partial charge in [-0.1, -0.05) is 6.42 Å². The van der Waals surface area contributed by atoms with Gasteiger partial charge in [-0.05, 0) is 24.3 Å². The van der Waals surface area contributed by atoms with Gasteiger partial charge in [0.1, 0.15) is 6.79 Å². The van der Waals surface area contributed by atoms with Crippen LogP contribution in [-0.4, -0.2) is 18.3 Å². The summed E-state index contributed by atoms with van der Waals surface area (Å²) in [5.74, 6) is 2.83. The molecule has 0 saturated carbocycles. The molecular formula is C6H12OS. The van der Waals surface area contributed by atoms with Crippen LogP contribution in [-0.2, 0) is 4.79 Å². The van der Waals surface area contributed by atoms with Crippen LogP contribution in [0.2, 0.25) is 0 Å². The van der Waals surface area contributed by atoms with Gasteiger partial charge in [-0.3, -0.25) is 0 Å². The maximum Gasteiger partial charge on any atom is 0.106 e. The Bertz CT molecular complexity index is 32.3. The van der Waals surface area contributed by atoms with Crippen molar-refractivity contribution >= 4 is 18.6 Å². The average molecular weight is 132 g/mol. The second-order valence-corrected chi connectivity index (χ2v) is 2.90. The topological polar surface area (TPSA) is 17.1 Å². The van der Waals surface area contributed by atoms with E-state index >= 15 is 0 Å². The van der Waals surface area contributed by atoms with Crippen LogP contribution in [0.25, 0.3) is 0 Å². The van der Waals surface area contributed by atoms with Crippen molar-refractivity contribution in [3.05, 3.63) is 0 Å². The minimum atomic E-state index is 1.42. The fraction of sp³-hybridized carbons (Fsp3) is 0.833. The van der Waals surface area contributed by atoms with Gasteiger partial charge >= 0.3 is 0 Å². The molecule has 0 aliphatic carbocycles. The van der Waals surface area contributed by atoms with Crippen LogP contribution < -0.4 is 0 Å². The smallest absolute Gasteiger partial charge is 0.106 e. The second kappa shape index (κ2) is 7.02. The summed E-state index contributed by atoms with van der Waals surface area (Å²) in [6.45, 7) is 2.00. The second-order valence-electron chi connectivity index (χ2n) is 1.67. The molecule has 1 aliphatic heterocycles. The number of hydrogen-bond donors (Lipinski definition) is 0. The maximum atomic E-state index is 8.00. The van der Waals surface area contributed by atoms with Gasteiger partial charge in [0.15, 0.2) is 0 Å². The van der Waals surface area contributed by atoms with Crippen molar-refractivity contribution in [2.45, 2.75) is 19.3 Å². The van der Waals surface area contributed by atoms with E-state index in [4.69, 9.17) is 4.79 Å². The Morgan fingerprint density at radius 1 is 1.00 bits per heavy atom. The number of hydrogen-bond acceptors (Lipinski definition) is 2. The normalized spacial score (nSPS) is 18.5. The largest absolute Gasteiger partial charge is 0.307 e. The zero-order valence-corrected chi connectivity index (χ0v) is 5.88. The quantitative estimate of drug-likeness (QED) is 0.499. The monoisotopic (exact) mass is 132 g/mol. The Balaban J connectivity index is 0.000000222. The van der Waals surface area contributed by atoms with E-state index in [9.17, 15) is 0 Å². The van der Waals surface area contributed by atoms with E-state index in [0.29, 0.717) is 0 Å². The van der Waals surface area contributed by atoms with Crippen LogP contribution in [0, 0.1) is 0 Å². The third-order valence-electron chi connectivity index (χ3n) is 1.08. The summed E-state index contributed by atoms with van der Waals surface area (Å²) in [6.07, 6.45) is 4.41. The fourth-order valence-electron chi connectivity index (χ4n) is 0.687. The zero-order chi connectivity index (χ0) is 6.24.